The van der Waals surface area contributed by atoms with E-state index >= 15 is 0 Å². The normalized spacial score (nSPS) is 23.8. The van der Waals surface area contributed by atoms with Gasteiger partial charge in [0.05, 0.1) is 5.41 Å². The van der Waals surface area contributed by atoms with Crippen molar-refractivity contribution in [2.75, 3.05) is 44.2 Å². The molecular formula is C33H53N3O2. The van der Waals surface area contributed by atoms with E-state index in [1.807, 2.05) is 0 Å². The van der Waals surface area contributed by atoms with Crippen LogP contribution in [0.25, 0.3) is 0 Å². The lowest BCUT2D eigenvalue weighted by molar-refractivity contribution is -0.147. The van der Waals surface area contributed by atoms with Gasteiger partial charge in [-0.2, -0.15) is 0 Å². The van der Waals surface area contributed by atoms with Crippen LogP contribution in [0.5, 0.6) is 0 Å². The minimum Gasteiger partial charge on any atom is -0.342 e. The highest BCUT2D eigenvalue weighted by atomic mass is 16.2. The van der Waals surface area contributed by atoms with Crippen molar-refractivity contribution in [1.82, 2.24) is 9.80 Å². The average molecular weight is 524 g/mol. The first-order valence-electron chi connectivity index (χ1n) is 15.4. The van der Waals surface area contributed by atoms with Crippen molar-refractivity contribution in [2.45, 2.75) is 99.3 Å². The molecule has 212 valence electrons. The molecule has 3 aliphatic rings. The van der Waals surface area contributed by atoms with Gasteiger partial charge >= 0.3 is 0 Å². The first-order valence-corrected chi connectivity index (χ1v) is 15.4. The van der Waals surface area contributed by atoms with Gasteiger partial charge in [-0.3, -0.25) is 9.59 Å². The maximum absolute atomic E-state index is 14.1. The second-order valence-corrected chi connectivity index (χ2v) is 13.9. The molecule has 4 rings (SSSR count). The van der Waals surface area contributed by atoms with Gasteiger partial charge in [0.1, 0.15) is 0 Å². The van der Waals surface area contributed by atoms with Crippen LogP contribution in [-0.4, -0.2) is 60.9 Å². The first-order chi connectivity index (χ1) is 18.0. The summed E-state index contributed by atoms with van der Waals surface area (Å²) in [5, 5.41) is 0. The van der Waals surface area contributed by atoms with Gasteiger partial charge in [0, 0.05) is 37.8 Å². The van der Waals surface area contributed by atoms with E-state index in [1.54, 1.807) is 0 Å². The van der Waals surface area contributed by atoms with Crippen LogP contribution in [0.2, 0.25) is 0 Å². The molecule has 1 spiro atoms. The van der Waals surface area contributed by atoms with Crippen LogP contribution >= 0.6 is 0 Å². The summed E-state index contributed by atoms with van der Waals surface area (Å²) in [6.45, 7) is 18.9. The van der Waals surface area contributed by atoms with E-state index in [0.29, 0.717) is 5.91 Å². The molecule has 1 aromatic rings. The molecular weight excluding hydrogens is 470 g/mol. The molecule has 5 nitrogen and oxygen atoms in total. The van der Waals surface area contributed by atoms with Gasteiger partial charge in [-0.15, -0.1) is 0 Å². The minimum atomic E-state index is -0.435. The van der Waals surface area contributed by atoms with Gasteiger partial charge in [-0.1, -0.05) is 79.0 Å². The predicted octanol–water partition coefficient (Wildman–Crippen LogP) is 6.55. The molecule has 3 aliphatic heterocycles. The van der Waals surface area contributed by atoms with Gasteiger partial charge < -0.3 is 14.7 Å². The third kappa shape index (κ3) is 5.98. The van der Waals surface area contributed by atoms with E-state index in [2.05, 4.69) is 80.5 Å². The third-order valence-corrected chi connectivity index (χ3v) is 10.4. The Morgan fingerprint density at radius 2 is 1.66 bits per heavy atom. The molecule has 0 radical (unpaired) electrons. The molecule has 5 heteroatoms. The molecule has 0 N–H and O–H groups in total. The number of carbonyl (C=O) groups excluding carboxylic acids is 2. The fraction of sp³-hybridized carbons (Fsp3) is 0.758. The summed E-state index contributed by atoms with van der Waals surface area (Å²) in [5.41, 5.74) is 1.85. The number of rotatable bonds is 8. The number of para-hydroxylation sites is 1. The third-order valence-electron chi connectivity index (χ3n) is 10.4. The average Bonchev–Trinajstić information content (AvgIpc) is 3.23. The van der Waals surface area contributed by atoms with E-state index in [4.69, 9.17) is 0 Å². The molecule has 2 fully saturated rings. The van der Waals surface area contributed by atoms with E-state index in [0.717, 1.165) is 83.5 Å². The molecule has 2 amide bonds. The number of amides is 2. The molecule has 1 aromatic carbocycles. The number of benzene rings is 1. The predicted molar refractivity (Wildman–Crippen MR) is 157 cm³/mol. The minimum absolute atomic E-state index is 0.0422. The van der Waals surface area contributed by atoms with Crippen molar-refractivity contribution in [3.63, 3.8) is 0 Å². The highest BCUT2D eigenvalue weighted by molar-refractivity contribution is 5.95. The van der Waals surface area contributed by atoms with Gasteiger partial charge in [-0.25, -0.2) is 0 Å². The number of carbonyl (C=O) groups is 2. The lowest BCUT2D eigenvalue weighted by Crippen LogP contribution is -2.52. The largest absolute Gasteiger partial charge is 0.342 e. The molecule has 0 bridgehead atoms. The van der Waals surface area contributed by atoms with E-state index in [-0.39, 0.29) is 22.7 Å². The Balaban J connectivity index is 1.49. The van der Waals surface area contributed by atoms with Crippen molar-refractivity contribution < 1.29 is 9.59 Å². The van der Waals surface area contributed by atoms with E-state index in [9.17, 15) is 9.59 Å². The van der Waals surface area contributed by atoms with Gasteiger partial charge in [0.2, 0.25) is 11.8 Å². The summed E-state index contributed by atoms with van der Waals surface area (Å²) in [7, 11) is 0. The van der Waals surface area contributed by atoms with Crippen LogP contribution in [0.15, 0.2) is 24.3 Å². The van der Waals surface area contributed by atoms with Gasteiger partial charge in [0.15, 0.2) is 0 Å². The van der Waals surface area contributed by atoms with Crippen LogP contribution in [0.3, 0.4) is 0 Å². The standard InChI is InChI=1S/C33H53N3O2/c1-7-8-14-26(2)29(37)36-22-18-33(23-27-15-10-11-16-28(27)36)17-21-35(25-33)30(38)32(5,6)31(3,4)24-34-19-12-9-13-20-34/h10-11,15-16,26H,7-9,12-14,17-25H2,1-6H3. The Morgan fingerprint density at radius 1 is 0.974 bits per heavy atom. The first kappa shape index (κ1) is 29.1. The molecule has 38 heavy (non-hydrogen) atoms. The van der Waals surface area contributed by atoms with Crippen molar-refractivity contribution >= 4 is 17.5 Å². The second kappa shape index (κ2) is 11.7. The van der Waals surface area contributed by atoms with Crippen LogP contribution in [0.4, 0.5) is 5.69 Å². The zero-order valence-corrected chi connectivity index (χ0v) is 25.2. The number of nitrogens with zero attached hydrogens (tertiary/aromatic N) is 3. The Kier molecular flexibility index (Phi) is 8.96. The van der Waals surface area contributed by atoms with Crippen LogP contribution in [-0.2, 0) is 16.0 Å². The zero-order valence-electron chi connectivity index (χ0n) is 25.2. The Bertz CT molecular complexity index is 980. The maximum Gasteiger partial charge on any atom is 0.229 e. The smallest absolute Gasteiger partial charge is 0.229 e. The van der Waals surface area contributed by atoms with Crippen molar-refractivity contribution in [3.8, 4) is 0 Å². The fourth-order valence-electron chi connectivity index (χ4n) is 7.03. The number of anilines is 1. The Morgan fingerprint density at radius 3 is 2.37 bits per heavy atom. The number of unbranched alkanes of at least 4 members (excludes halogenated alkanes) is 1. The summed E-state index contributed by atoms with van der Waals surface area (Å²) in [5.74, 6) is 0.603. The second-order valence-electron chi connectivity index (χ2n) is 13.9. The molecule has 2 unspecified atom stereocenters. The molecule has 3 heterocycles. The molecule has 0 saturated carbocycles. The van der Waals surface area contributed by atoms with Crippen LogP contribution in [0, 0.1) is 22.2 Å². The van der Waals surface area contributed by atoms with E-state index in [1.165, 1.54) is 24.8 Å². The summed E-state index contributed by atoms with van der Waals surface area (Å²) >= 11 is 0. The van der Waals surface area contributed by atoms with Crippen molar-refractivity contribution in [3.05, 3.63) is 29.8 Å². The topological polar surface area (TPSA) is 43.9 Å². The highest BCUT2D eigenvalue weighted by Gasteiger charge is 2.50. The number of likely N-dealkylation sites (tertiary alicyclic amines) is 2. The van der Waals surface area contributed by atoms with Crippen molar-refractivity contribution in [1.29, 1.82) is 0 Å². The lowest BCUT2D eigenvalue weighted by Gasteiger charge is -2.46. The lowest BCUT2D eigenvalue weighted by atomic mass is 9.66. The van der Waals surface area contributed by atoms with Gasteiger partial charge in [0.25, 0.3) is 0 Å². The summed E-state index contributed by atoms with van der Waals surface area (Å²) in [6.07, 6.45) is 9.95. The van der Waals surface area contributed by atoms with Crippen LogP contribution in [0.1, 0.15) is 98.5 Å². The van der Waals surface area contributed by atoms with E-state index < -0.39 is 5.41 Å². The number of hydrogen-bond acceptors (Lipinski definition) is 3. The summed E-state index contributed by atoms with van der Waals surface area (Å²) in [4.78, 5) is 34.5. The molecule has 0 aliphatic carbocycles. The number of hydrogen-bond donors (Lipinski definition) is 0. The quantitative estimate of drug-likeness (QED) is 0.388. The van der Waals surface area contributed by atoms with Crippen molar-refractivity contribution in [2.24, 2.45) is 22.2 Å². The van der Waals surface area contributed by atoms with Crippen LogP contribution < -0.4 is 4.90 Å². The highest BCUT2D eigenvalue weighted by Crippen LogP contribution is 2.46. The summed E-state index contributed by atoms with van der Waals surface area (Å²) in [6, 6.07) is 8.49. The SMILES string of the molecule is CCCCC(C)C(=O)N1CCC2(CCN(C(=O)C(C)(C)C(C)(C)CN3CCCCC3)C2)Cc2ccccc21. The fourth-order valence-corrected chi connectivity index (χ4v) is 7.03. The van der Waals surface area contributed by atoms with Gasteiger partial charge in [-0.05, 0) is 74.1 Å². The maximum atomic E-state index is 14.1. The number of piperidine rings is 1. The molecule has 0 aromatic heterocycles. The summed E-state index contributed by atoms with van der Waals surface area (Å²) < 4.78 is 0. The number of fused-ring (bicyclic) bond motifs is 1. The Hall–Kier alpha value is -1.88. The zero-order chi connectivity index (χ0) is 27.6. The molecule has 2 saturated heterocycles. The monoisotopic (exact) mass is 523 g/mol. The Labute approximate surface area is 232 Å². The molecule has 2 atom stereocenters.